The van der Waals surface area contributed by atoms with E-state index in [-0.39, 0.29) is 27.8 Å². The van der Waals surface area contributed by atoms with Gasteiger partial charge in [-0.05, 0) is 178 Å². The summed E-state index contributed by atoms with van der Waals surface area (Å²) in [6.07, 6.45) is 21.8. The van der Waals surface area contributed by atoms with Crippen LogP contribution in [0, 0.1) is 34.6 Å². The molecule has 5 aliphatic heterocycles. The van der Waals surface area contributed by atoms with Crippen molar-refractivity contribution >= 4 is 101 Å². The second-order valence-corrected chi connectivity index (χ2v) is 37.5. The molecule has 1 aromatic carbocycles. The number of rotatable bonds is 10. The number of piperazine rings is 4. The van der Waals surface area contributed by atoms with E-state index in [9.17, 15) is 24.0 Å². The molecule has 0 aliphatic carbocycles. The molecule has 5 fully saturated rings. The summed E-state index contributed by atoms with van der Waals surface area (Å²) in [4.78, 5) is 121. The third-order valence-electron chi connectivity index (χ3n) is 26.6. The number of pyridine rings is 7. The molecular formula is C105H111N31O6. The topological polar surface area (TPSA) is 370 Å². The Morgan fingerprint density at radius 3 is 1.06 bits per heavy atom. The lowest BCUT2D eigenvalue weighted by Gasteiger charge is -2.37. The largest absolute Gasteiger partial charge is 0.441 e. The van der Waals surface area contributed by atoms with Gasteiger partial charge in [-0.1, -0.05) is 6.07 Å². The van der Waals surface area contributed by atoms with Gasteiger partial charge in [-0.2, -0.15) is 10.2 Å². The smallest absolute Gasteiger partial charge is 0.258 e. The summed E-state index contributed by atoms with van der Waals surface area (Å²) in [5, 5.41) is 28.4. The molecule has 25 rings (SSSR count). The number of nitrogens with zero attached hydrogens (tertiary/aromatic N) is 26. The van der Waals surface area contributed by atoms with E-state index in [1.807, 2.05) is 223 Å². The van der Waals surface area contributed by atoms with E-state index >= 15 is 0 Å². The molecule has 722 valence electrons. The van der Waals surface area contributed by atoms with Crippen LogP contribution in [-0.2, 0) is 14.1 Å². The molecule has 37 heteroatoms. The van der Waals surface area contributed by atoms with Gasteiger partial charge in [0, 0.05) is 257 Å². The molecular weight excluding hydrogens is 1790 g/mol. The van der Waals surface area contributed by atoms with Crippen molar-refractivity contribution in [1.29, 1.82) is 0 Å². The summed E-state index contributed by atoms with van der Waals surface area (Å²) < 4.78 is 21.2. The zero-order valence-corrected chi connectivity index (χ0v) is 81.1. The fraction of sp³-hybridized carbons (Fsp3) is 0.305. The fourth-order valence-electron chi connectivity index (χ4n) is 19.7. The predicted octanol–water partition coefficient (Wildman–Crippen LogP) is 10.3. The Hall–Kier alpha value is -16.1. The molecule has 19 aromatic heterocycles. The second-order valence-electron chi connectivity index (χ2n) is 37.5. The van der Waals surface area contributed by atoms with Crippen molar-refractivity contribution in [2.75, 3.05) is 129 Å². The Morgan fingerprint density at radius 2 is 0.676 bits per heavy atom. The third-order valence-corrected chi connectivity index (χ3v) is 26.6. The highest BCUT2D eigenvalue weighted by molar-refractivity contribution is 5.84. The van der Waals surface area contributed by atoms with Crippen molar-refractivity contribution in [3.8, 4) is 56.5 Å². The van der Waals surface area contributed by atoms with Gasteiger partial charge in [-0.15, -0.1) is 0 Å². The molecule has 142 heavy (non-hydrogen) atoms. The molecule has 0 unspecified atom stereocenters. The van der Waals surface area contributed by atoms with Crippen molar-refractivity contribution in [3.63, 3.8) is 0 Å². The average molecular weight is 1900 g/mol. The van der Waals surface area contributed by atoms with Crippen LogP contribution in [0.4, 0.5) is 28.4 Å². The third kappa shape index (κ3) is 19.4. The Kier molecular flexibility index (Phi) is 25.3. The number of nitrogens with one attached hydrogen (secondary N) is 5. The van der Waals surface area contributed by atoms with Gasteiger partial charge in [-0.25, -0.2) is 48.9 Å². The van der Waals surface area contributed by atoms with E-state index in [1.54, 1.807) is 73.8 Å². The molecule has 5 aliphatic rings. The molecule has 20 aromatic rings. The van der Waals surface area contributed by atoms with Crippen molar-refractivity contribution in [1.82, 2.24) is 127 Å². The normalized spacial score (nSPS) is 17.0. The minimum atomic E-state index is -0.115. The van der Waals surface area contributed by atoms with Crippen LogP contribution in [0.1, 0.15) is 62.8 Å². The van der Waals surface area contributed by atoms with Gasteiger partial charge in [0.05, 0.1) is 103 Å². The zero-order valence-electron chi connectivity index (χ0n) is 81.1. The van der Waals surface area contributed by atoms with E-state index in [4.69, 9.17) is 24.4 Å². The molecule has 0 saturated carbocycles. The second kappa shape index (κ2) is 38.9. The van der Waals surface area contributed by atoms with Crippen LogP contribution in [-0.4, -0.2) is 229 Å². The van der Waals surface area contributed by atoms with Crippen LogP contribution in [0.15, 0.2) is 242 Å². The number of hydrogen-bond donors (Lipinski definition) is 5. The first-order valence-corrected chi connectivity index (χ1v) is 48.2. The van der Waals surface area contributed by atoms with Crippen molar-refractivity contribution in [3.05, 3.63) is 294 Å². The van der Waals surface area contributed by atoms with Gasteiger partial charge < -0.3 is 64.6 Å². The number of aromatic nitrogens is 21. The van der Waals surface area contributed by atoms with Crippen LogP contribution in [0.5, 0.6) is 0 Å². The molecule has 5 saturated heterocycles. The van der Waals surface area contributed by atoms with Crippen LogP contribution in [0.2, 0.25) is 0 Å². The number of fused-ring (bicyclic) bond motifs is 10. The van der Waals surface area contributed by atoms with Crippen LogP contribution >= 0.6 is 0 Å². The molecule has 5 N–H and O–H groups in total. The van der Waals surface area contributed by atoms with E-state index < -0.39 is 0 Å². The maximum Gasteiger partial charge on any atom is 0.258 e. The van der Waals surface area contributed by atoms with Gasteiger partial charge in [0.2, 0.25) is 0 Å². The summed E-state index contributed by atoms with van der Waals surface area (Å²) in [6, 6.07) is 46.8. The average Bonchev–Trinajstić information content (AvgIpc) is 1.75. The van der Waals surface area contributed by atoms with E-state index in [0.29, 0.717) is 104 Å². The van der Waals surface area contributed by atoms with E-state index in [2.05, 4.69) is 125 Å². The van der Waals surface area contributed by atoms with Gasteiger partial charge in [0.25, 0.3) is 27.8 Å². The quantitative estimate of drug-likeness (QED) is 0.0849. The van der Waals surface area contributed by atoms with Crippen molar-refractivity contribution in [2.45, 2.75) is 92.9 Å². The number of aryl methyl sites for hydroxylation is 7. The standard InChI is InChI=1S/C22H25N7O.C22H24N6O.C21H23N7O.C20H20N6O.C20H19N5O2/c1-13-9-27(10-14(2)23-13)17-5-6-21-25-18(8-22(30)28(21)12-17)19-7-20-16(4)24-15(3)11-29(20)26-19;1-14-11-27(12-15(2)24-14)18-4-5-20-25-19(9-21(29)28(20)13-18)17-8-16-6-7-26(3)22(16)23-10-17;1-14-12-28-19(15(2)23-14)10-18(25-28)17-11-21(29)27-13-16(4-5-20(27)24-17)26-8-3-6-22-7-9-26;1-24-7-4-14-10-15(12-22-20(14)24)17-11-19(27)26-13-16(2-3-18(26)23-17)25-8-5-21-6-9-25;1-13-22-16-4-2-14(10-18(16)27-13)17-11-20(26)25-12-15(3-5-19(25)23-17)24-8-6-21-7-9-24/h5-8,11-14,23H,9-10H2,1-4H3;4-10,13-15,24H,11-12H2,1-3H3;4-5,10-13,22H,3,6-9H2,1-2H3;2-4,7,10-13,21H,5-6,8-9H2,1H3;2-5,10-12,21H,6-9H2,1H3/t13-,14+;14-,15+;;;. The highest BCUT2D eigenvalue weighted by Crippen LogP contribution is 2.31. The number of anilines is 5. The summed E-state index contributed by atoms with van der Waals surface area (Å²) in [7, 11) is 3.93. The molecule has 0 bridgehead atoms. The van der Waals surface area contributed by atoms with Crippen LogP contribution < -0.4 is 78.9 Å². The highest BCUT2D eigenvalue weighted by atomic mass is 16.3. The lowest BCUT2D eigenvalue weighted by Crippen LogP contribution is -2.54. The number of benzene rings is 1. The van der Waals surface area contributed by atoms with Gasteiger partial charge in [-0.3, -0.25) is 55.9 Å². The molecule has 0 amide bonds. The Labute approximate surface area is 814 Å². The Balaban J connectivity index is 0.000000105. The molecule has 0 radical (unpaired) electrons. The molecule has 24 heterocycles. The monoisotopic (exact) mass is 1900 g/mol. The number of oxazole rings is 1. The minimum Gasteiger partial charge on any atom is -0.441 e. The van der Waals surface area contributed by atoms with Gasteiger partial charge in [0.15, 0.2) is 11.5 Å². The summed E-state index contributed by atoms with van der Waals surface area (Å²) >= 11 is 0. The maximum atomic E-state index is 12.9. The Bertz CT molecular complexity index is 8420. The summed E-state index contributed by atoms with van der Waals surface area (Å²) in [5.41, 5.74) is 23.5. The highest BCUT2D eigenvalue weighted by Gasteiger charge is 2.27. The summed E-state index contributed by atoms with van der Waals surface area (Å²) in [6.45, 7) is 33.4. The summed E-state index contributed by atoms with van der Waals surface area (Å²) in [5.74, 6) is 0.620. The number of hydrogen-bond acceptors (Lipinski definition) is 28. The molecule has 0 spiro atoms. The lowest BCUT2D eigenvalue weighted by molar-refractivity contribution is 0.406. The van der Waals surface area contributed by atoms with Crippen LogP contribution in [0.3, 0.4) is 0 Å². The first kappa shape index (κ1) is 92.3. The van der Waals surface area contributed by atoms with Crippen molar-refractivity contribution in [2.24, 2.45) is 14.1 Å². The van der Waals surface area contributed by atoms with E-state index in [0.717, 1.165) is 218 Å². The minimum absolute atomic E-state index is 0.0832. The first-order chi connectivity index (χ1) is 68.8. The molecule has 4 atom stereocenters. The van der Waals surface area contributed by atoms with E-state index in [1.165, 1.54) is 0 Å². The Morgan fingerprint density at radius 1 is 0.331 bits per heavy atom. The fourth-order valence-corrected chi connectivity index (χ4v) is 19.7. The van der Waals surface area contributed by atoms with Crippen molar-refractivity contribution < 1.29 is 4.42 Å². The van der Waals surface area contributed by atoms with Crippen LogP contribution in [0.25, 0.3) is 129 Å². The zero-order chi connectivity index (χ0) is 97.8. The lowest BCUT2D eigenvalue weighted by atomic mass is 10.1. The first-order valence-electron chi connectivity index (χ1n) is 48.2. The predicted molar refractivity (Wildman–Crippen MR) is 556 cm³/mol. The van der Waals surface area contributed by atoms with Gasteiger partial charge in [0.1, 0.15) is 56.4 Å². The maximum absolute atomic E-state index is 12.9. The SMILES string of the molecule is C[C@@H]1CN(c2ccc3nc(-c4cnc5c(ccn5C)c4)cc(=O)n3c2)C[C@H](C)N1.Cc1cn2nc(-c3cc(=O)n4cc(N5CCCNCC5)ccc4n3)cc2c(C)n1.Cc1cn2nc(-c3cc(=O)n4cc(N5C[C@@H](C)N[C@@H](C)C5)ccc4n3)cc2c(C)n1.Cc1nc2ccc(-c3cc(=O)n4cc(N5CCNCC5)ccc4n3)cc2o1.Cn1ccc2cc(-c3cc(=O)n4cc(N5CCNCC5)ccc4n3)cnc21. The molecule has 37 nitrogen and oxygen atoms in total. The van der Waals surface area contributed by atoms with Gasteiger partial charge >= 0.3 is 0 Å².